The average molecular weight is 450 g/mol. The molecule has 0 aromatic heterocycles. The highest BCUT2D eigenvalue weighted by atomic mass is 16.5. The van der Waals surface area contributed by atoms with Crippen molar-refractivity contribution in [3.8, 4) is 5.75 Å². The van der Waals surface area contributed by atoms with Gasteiger partial charge in [-0.2, -0.15) is 0 Å². The Morgan fingerprint density at radius 3 is 2.58 bits per heavy atom. The number of allylic oxidation sites excluding steroid dienone is 1. The number of carbonyl (C=O) groups excluding carboxylic acids is 1. The Labute approximate surface area is 196 Å². The summed E-state index contributed by atoms with van der Waals surface area (Å²) in [5.74, 6) is 2.28. The summed E-state index contributed by atoms with van der Waals surface area (Å²) in [4.78, 5) is 14.7. The second kappa shape index (κ2) is 10.3. The third-order valence-electron chi connectivity index (χ3n) is 7.45. The van der Waals surface area contributed by atoms with E-state index in [0.29, 0.717) is 25.2 Å². The van der Waals surface area contributed by atoms with E-state index in [1.807, 2.05) is 0 Å². The van der Waals surface area contributed by atoms with Crippen LogP contribution in [0.15, 0.2) is 48.6 Å². The lowest BCUT2D eigenvalue weighted by atomic mass is 9.96. The van der Waals surface area contributed by atoms with Crippen molar-refractivity contribution in [1.82, 2.24) is 4.90 Å². The topological polar surface area (TPSA) is 48.0 Å². The second-order valence-corrected chi connectivity index (χ2v) is 9.84. The number of piperidine rings is 1. The van der Waals surface area contributed by atoms with Gasteiger partial charge in [0.25, 0.3) is 0 Å². The summed E-state index contributed by atoms with van der Waals surface area (Å²) in [6.07, 6.45) is 9.93. The van der Waals surface area contributed by atoms with E-state index in [-0.39, 0.29) is 11.9 Å². The van der Waals surface area contributed by atoms with Crippen LogP contribution in [-0.2, 0) is 20.8 Å². The number of likely N-dealkylation sites (tertiary alicyclic amines) is 1. The van der Waals surface area contributed by atoms with Crippen LogP contribution in [0.1, 0.15) is 37.7 Å². The molecule has 2 aromatic rings. The minimum atomic E-state index is -0.0454. The number of hydrogen-bond donors (Lipinski definition) is 0. The fraction of sp³-hybridized carbons (Fsp3) is 0.536. The minimum absolute atomic E-state index is 0.0318. The number of benzene rings is 2. The van der Waals surface area contributed by atoms with Crippen molar-refractivity contribution in [3.05, 3.63) is 54.1 Å². The fourth-order valence-corrected chi connectivity index (χ4v) is 5.56. The highest BCUT2D eigenvalue weighted by molar-refractivity contribution is 5.84. The molecule has 1 aliphatic heterocycles. The highest BCUT2D eigenvalue weighted by Gasteiger charge is 2.37. The minimum Gasteiger partial charge on any atom is -0.490 e. The zero-order valence-corrected chi connectivity index (χ0v) is 19.6. The summed E-state index contributed by atoms with van der Waals surface area (Å²) in [5, 5.41) is 2.48. The summed E-state index contributed by atoms with van der Waals surface area (Å²) in [5.41, 5.74) is 1.31. The van der Waals surface area contributed by atoms with E-state index in [4.69, 9.17) is 14.2 Å². The van der Waals surface area contributed by atoms with E-state index >= 15 is 0 Å². The molecule has 1 heterocycles. The fourth-order valence-electron chi connectivity index (χ4n) is 5.56. The molecule has 5 heteroatoms. The molecule has 2 bridgehead atoms. The third kappa shape index (κ3) is 5.42. The van der Waals surface area contributed by atoms with Gasteiger partial charge in [0.2, 0.25) is 0 Å². The van der Waals surface area contributed by atoms with Crippen molar-refractivity contribution in [2.24, 2.45) is 17.8 Å². The van der Waals surface area contributed by atoms with Crippen molar-refractivity contribution < 1.29 is 19.0 Å². The van der Waals surface area contributed by atoms with Crippen molar-refractivity contribution in [2.75, 3.05) is 33.4 Å². The molecule has 3 aliphatic rings. The Morgan fingerprint density at radius 2 is 1.82 bits per heavy atom. The summed E-state index contributed by atoms with van der Waals surface area (Å²) >= 11 is 0. The monoisotopic (exact) mass is 449 g/mol. The van der Waals surface area contributed by atoms with E-state index in [1.54, 1.807) is 7.11 Å². The summed E-state index contributed by atoms with van der Waals surface area (Å²) in [7, 11) is 1.66. The number of rotatable bonds is 9. The maximum atomic E-state index is 12.3. The van der Waals surface area contributed by atoms with Gasteiger partial charge >= 0.3 is 5.97 Å². The number of esters is 1. The number of nitrogens with zero attached hydrogens (tertiary/aromatic N) is 1. The Balaban J connectivity index is 1.12. The third-order valence-corrected chi connectivity index (χ3v) is 7.45. The molecule has 0 radical (unpaired) electrons. The Morgan fingerprint density at radius 1 is 1.00 bits per heavy atom. The van der Waals surface area contributed by atoms with Crippen LogP contribution in [0, 0.1) is 17.8 Å². The van der Waals surface area contributed by atoms with Crippen molar-refractivity contribution in [1.29, 1.82) is 0 Å². The standard InChI is InChI=1S/C28H35NO4/c1-31-13-2-14-32-28(30)22-9-11-29(12-10-22)19-21-4-5-24-18-26(8-7-23(24)16-21)33-27-17-20-3-6-25(27)15-20/h3-8,16,18,20,22,25,27H,2,9-15,17,19H2,1H3. The maximum absolute atomic E-state index is 12.3. The molecular formula is C28H35NO4. The predicted octanol–water partition coefficient (Wildman–Crippen LogP) is 4.97. The molecule has 1 saturated heterocycles. The van der Waals surface area contributed by atoms with Crippen molar-refractivity contribution in [2.45, 2.75) is 44.8 Å². The molecule has 0 spiro atoms. The molecule has 3 atom stereocenters. The van der Waals surface area contributed by atoms with Crippen LogP contribution in [0.2, 0.25) is 0 Å². The van der Waals surface area contributed by atoms with Gasteiger partial charge in [-0.05, 0) is 79.2 Å². The second-order valence-electron chi connectivity index (χ2n) is 9.84. The lowest BCUT2D eigenvalue weighted by Gasteiger charge is -2.31. The number of fused-ring (bicyclic) bond motifs is 3. The quantitative estimate of drug-likeness (QED) is 0.307. The molecule has 2 aromatic carbocycles. The van der Waals surface area contributed by atoms with Gasteiger partial charge in [0, 0.05) is 32.6 Å². The highest BCUT2D eigenvalue weighted by Crippen LogP contribution is 2.41. The molecule has 2 aliphatic carbocycles. The molecule has 5 rings (SSSR count). The van der Waals surface area contributed by atoms with Gasteiger partial charge in [0.15, 0.2) is 0 Å². The van der Waals surface area contributed by atoms with Gasteiger partial charge in [0.05, 0.1) is 12.5 Å². The van der Waals surface area contributed by atoms with Crippen LogP contribution < -0.4 is 4.74 Å². The van der Waals surface area contributed by atoms with Crippen LogP contribution in [-0.4, -0.2) is 50.4 Å². The zero-order chi connectivity index (χ0) is 22.6. The Hall–Kier alpha value is -2.37. The molecule has 0 amide bonds. The predicted molar refractivity (Wildman–Crippen MR) is 129 cm³/mol. The van der Waals surface area contributed by atoms with Crippen LogP contribution in [0.4, 0.5) is 0 Å². The van der Waals surface area contributed by atoms with Gasteiger partial charge in [0.1, 0.15) is 11.9 Å². The molecule has 0 N–H and O–H groups in total. The normalized spacial score (nSPS) is 25.1. The van der Waals surface area contributed by atoms with E-state index in [0.717, 1.165) is 57.0 Å². The van der Waals surface area contributed by atoms with E-state index < -0.39 is 0 Å². The van der Waals surface area contributed by atoms with Gasteiger partial charge in [-0.3, -0.25) is 9.69 Å². The van der Waals surface area contributed by atoms with Gasteiger partial charge in [-0.25, -0.2) is 0 Å². The first-order valence-corrected chi connectivity index (χ1v) is 12.4. The van der Waals surface area contributed by atoms with Crippen LogP contribution >= 0.6 is 0 Å². The van der Waals surface area contributed by atoms with Crippen molar-refractivity contribution >= 4 is 16.7 Å². The summed E-state index contributed by atoms with van der Waals surface area (Å²) in [6, 6.07) is 13.2. The molecular weight excluding hydrogens is 414 g/mol. The van der Waals surface area contributed by atoms with Gasteiger partial charge < -0.3 is 14.2 Å². The number of methoxy groups -OCH3 is 1. The molecule has 33 heavy (non-hydrogen) atoms. The van der Waals surface area contributed by atoms with E-state index in [2.05, 4.69) is 53.5 Å². The maximum Gasteiger partial charge on any atom is 0.309 e. The van der Waals surface area contributed by atoms with Crippen LogP contribution in [0.5, 0.6) is 5.75 Å². The lowest BCUT2D eigenvalue weighted by Crippen LogP contribution is -2.36. The number of hydrogen-bond acceptors (Lipinski definition) is 5. The summed E-state index contributed by atoms with van der Waals surface area (Å²) in [6.45, 7) is 3.86. The van der Waals surface area contributed by atoms with Crippen LogP contribution in [0.25, 0.3) is 10.8 Å². The van der Waals surface area contributed by atoms with Gasteiger partial charge in [-0.1, -0.05) is 30.4 Å². The largest absolute Gasteiger partial charge is 0.490 e. The Kier molecular flexibility index (Phi) is 6.98. The van der Waals surface area contributed by atoms with Crippen LogP contribution in [0.3, 0.4) is 0 Å². The zero-order valence-electron chi connectivity index (χ0n) is 19.6. The first kappa shape index (κ1) is 22.4. The van der Waals surface area contributed by atoms with E-state index in [1.165, 1.54) is 22.8 Å². The average Bonchev–Trinajstić information content (AvgIpc) is 3.46. The number of carbonyl (C=O) groups is 1. The lowest BCUT2D eigenvalue weighted by molar-refractivity contribution is -0.150. The SMILES string of the molecule is COCCCOC(=O)C1CCN(Cc2ccc3cc(OC4CC5C=CC4C5)ccc3c2)CC1. The van der Waals surface area contributed by atoms with Crippen molar-refractivity contribution in [3.63, 3.8) is 0 Å². The number of ether oxygens (including phenoxy) is 3. The molecule has 1 saturated carbocycles. The molecule has 5 nitrogen and oxygen atoms in total. The Bertz CT molecular complexity index is 995. The molecule has 2 fully saturated rings. The smallest absolute Gasteiger partial charge is 0.309 e. The van der Waals surface area contributed by atoms with E-state index in [9.17, 15) is 4.79 Å². The summed E-state index contributed by atoms with van der Waals surface area (Å²) < 4.78 is 16.7. The first-order valence-electron chi connectivity index (χ1n) is 12.4. The first-order chi connectivity index (χ1) is 16.2. The molecule has 3 unspecified atom stereocenters. The van der Waals surface area contributed by atoms with Gasteiger partial charge in [-0.15, -0.1) is 0 Å². The molecule has 176 valence electrons.